The van der Waals surface area contributed by atoms with E-state index in [0.29, 0.717) is 6.04 Å². The van der Waals surface area contributed by atoms with Crippen LogP contribution in [0.5, 0.6) is 0 Å². The van der Waals surface area contributed by atoms with Crippen LogP contribution < -0.4 is 10.6 Å². The molecule has 1 fully saturated rings. The van der Waals surface area contributed by atoms with Gasteiger partial charge >= 0.3 is 0 Å². The molecule has 5 nitrogen and oxygen atoms in total. The van der Waals surface area contributed by atoms with E-state index in [9.17, 15) is 0 Å². The topological polar surface area (TPSA) is 42.9 Å². The van der Waals surface area contributed by atoms with Crippen LogP contribution in [0.2, 0.25) is 0 Å². The summed E-state index contributed by atoms with van der Waals surface area (Å²) in [5, 5.41) is 7.06. The number of rotatable bonds is 7. The van der Waals surface area contributed by atoms with Crippen LogP contribution >= 0.6 is 0 Å². The lowest BCUT2D eigenvalue weighted by Gasteiger charge is -2.36. The van der Waals surface area contributed by atoms with Crippen molar-refractivity contribution in [3.8, 4) is 0 Å². The number of nitrogens with zero attached hydrogens (tertiary/aromatic N) is 3. The standard InChI is InChI=1S/C24H35N5/c1-20(29-16-14-28(3)15-17-29)18-26-24(25-2)27-19-23(21-10-6-4-7-11-21)22-12-8-5-9-13-22/h4-13,20,23H,14-19H2,1-3H3,(H2,25,26,27). The van der Waals surface area contributed by atoms with Gasteiger partial charge < -0.3 is 15.5 Å². The van der Waals surface area contributed by atoms with Crippen LogP contribution in [0.25, 0.3) is 0 Å². The summed E-state index contributed by atoms with van der Waals surface area (Å²) in [5.41, 5.74) is 2.62. The van der Waals surface area contributed by atoms with Crippen LogP contribution in [0, 0.1) is 0 Å². The number of hydrogen-bond acceptors (Lipinski definition) is 3. The van der Waals surface area contributed by atoms with Gasteiger partial charge in [-0.2, -0.15) is 0 Å². The van der Waals surface area contributed by atoms with Gasteiger partial charge in [0.1, 0.15) is 0 Å². The summed E-state index contributed by atoms with van der Waals surface area (Å²) in [4.78, 5) is 9.39. The van der Waals surface area contributed by atoms with E-state index >= 15 is 0 Å². The highest BCUT2D eigenvalue weighted by atomic mass is 15.3. The van der Waals surface area contributed by atoms with Gasteiger partial charge in [-0.05, 0) is 25.1 Å². The maximum atomic E-state index is 4.44. The van der Waals surface area contributed by atoms with Crippen molar-refractivity contribution in [1.29, 1.82) is 0 Å². The number of hydrogen-bond donors (Lipinski definition) is 2. The minimum absolute atomic E-state index is 0.283. The summed E-state index contributed by atoms with van der Waals surface area (Å²) < 4.78 is 0. The Morgan fingerprint density at radius 1 is 0.862 bits per heavy atom. The first-order valence-corrected chi connectivity index (χ1v) is 10.6. The quantitative estimate of drug-likeness (QED) is 0.561. The van der Waals surface area contributed by atoms with E-state index in [0.717, 1.165) is 45.2 Å². The smallest absolute Gasteiger partial charge is 0.191 e. The Morgan fingerprint density at radius 2 is 1.38 bits per heavy atom. The van der Waals surface area contributed by atoms with E-state index < -0.39 is 0 Å². The van der Waals surface area contributed by atoms with Gasteiger partial charge in [-0.25, -0.2) is 0 Å². The second kappa shape index (κ2) is 11.0. The lowest BCUT2D eigenvalue weighted by molar-refractivity contribution is 0.120. The highest BCUT2D eigenvalue weighted by Crippen LogP contribution is 2.23. The third-order valence-corrected chi connectivity index (χ3v) is 5.83. The molecule has 0 aliphatic carbocycles. The predicted octanol–water partition coefficient (Wildman–Crippen LogP) is 2.62. The molecule has 1 saturated heterocycles. The van der Waals surface area contributed by atoms with Gasteiger partial charge in [0.15, 0.2) is 5.96 Å². The molecule has 2 aromatic carbocycles. The summed E-state index contributed by atoms with van der Waals surface area (Å²) in [7, 11) is 4.04. The van der Waals surface area contributed by atoms with Crippen LogP contribution in [0.4, 0.5) is 0 Å². The molecule has 0 amide bonds. The summed E-state index contributed by atoms with van der Waals surface area (Å²) in [6.07, 6.45) is 0. The number of guanidine groups is 1. The molecule has 2 N–H and O–H groups in total. The first-order valence-electron chi connectivity index (χ1n) is 10.6. The molecule has 5 heteroatoms. The molecule has 3 rings (SSSR count). The van der Waals surface area contributed by atoms with Crippen LogP contribution in [-0.4, -0.2) is 75.2 Å². The molecule has 1 unspecified atom stereocenters. The van der Waals surface area contributed by atoms with Gasteiger partial charge in [-0.3, -0.25) is 9.89 Å². The number of benzene rings is 2. The van der Waals surface area contributed by atoms with E-state index in [1.54, 1.807) is 0 Å². The maximum Gasteiger partial charge on any atom is 0.191 e. The molecule has 29 heavy (non-hydrogen) atoms. The van der Waals surface area contributed by atoms with Crippen molar-refractivity contribution < 1.29 is 0 Å². The van der Waals surface area contributed by atoms with E-state index in [-0.39, 0.29) is 5.92 Å². The number of piperazine rings is 1. The third kappa shape index (κ3) is 6.31. The van der Waals surface area contributed by atoms with Gasteiger partial charge in [-0.1, -0.05) is 60.7 Å². The van der Waals surface area contributed by atoms with Gasteiger partial charge in [0.05, 0.1) is 0 Å². The zero-order valence-corrected chi connectivity index (χ0v) is 18.0. The Hall–Kier alpha value is -2.37. The van der Waals surface area contributed by atoms with Crippen molar-refractivity contribution in [2.45, 2.75) is 18.9 Å². The molecule has 0 aromatic heterocycles. The average Bonchev–Trinajstić information content (AvgIpc) is 2.77. The minimum atomic E-state index is 0.283. The van der Waals surface area contributed by atoms with Gasteiger partial charge in [0.25, 0.3) is 0 Å². The predicted molar refractivity (Wildman–Crippen MR) is 123 cm³/mol. The zero-order chi connectivity index (χ0) is 20.5. The van der Waals surface area contributed by atoms with E-state index in [1.807, 2.05) is 7.05 Å². The van der Waals surface area contributed by atoms with Crippen LogP contribution in [0.3, 0.4) is 0 Å². The van der Waals surface area contributed by atoms with Crippen LogP contribution in [0.1, 0.15) is 24.0 Å². The number of aliphatic imine (C=N–C) groups is 1. The van der Waals surface area contributed by atoms with Crippen molar-refractivity contribution in [2.75, 3.05) is 53.4 Å². The fraction of sp³-hybridized carbons (Fsp3) is 0.458. The average molecular weight is 394 g/mol. The second-order valence-electron chi connectivity index (χ2n) is 7.90. The van der Waals surface area contributed by atoms with Crippen molar-refractivity contribution in [1.82, 2.24) is 20.4 Å². The molecule has 0 saturated carbocycles. The van der Waals surface area contributed by atoms with Crippen molar-refractivity contribution in [3.63, 3.8) is 0 Å². The number of nitrogens with one attached hydrogen (secondary N) is 2. The molecule has 1 aliphatic rings. The van der Waals surface area contributed by atoms with E-state index in [1.165, 1.54) is 11.1 Å². The van der Waals surface area contributed by atoms with Gasteiger partial charge in [0, 0.05) is 58.3 Å². The Bertz CT molecular complexity index is 699. The summed E-state index contributed by atoms with van der Waals surface area (Å²) in [6, 6.07) is 21.9. The molecule has 1 heterocycles. The normalized spacial score (nSPS) is 17.3. The van der Waals surface area contributed by atoms with Crippen molar-refractivity contribution in [3.05, 3.63) is 71.8 Å². The molecule has 0 radical (unpaired) electrons. The van der Waals surface area contributed by atoms with Crippen LogP contribution in [-0.2, 0) is 0 Å². The fourth-order valence-electron chi connectivity index (χ4n) is 3.85. The molecule has 0 bridgehead atoms. The Kier molecular flexibility index (Phi) is 8.08. The molecule has 0 spiro atoms. The first kappa shape index (κ1) is 21.3. The third-order valence-electron chi connectivity index (χ3n) is 5.83. The van der Waals surface area contributed by atoms with Gasteiger partial charge in [0.2, 0.25) is 0 Å². The number of likely N-dealkylation sites (N-methyl/N-ethyl adjacent to an activating group) is 1. The van der Waals surface area contributed by atoms with E-state index in [2.05, 4.69) is 100 Å². The molecular weight excluding hydrogens is 358 g/mol. The van der Waals surface area contributed by atoms with Crippen LogP contribution in [0.15, 0.2) is 65.7 Å². The summed E-state index contributed by atoms with van der Waals surface area (Å²) in [5.74, 6) is 1.15. The summed E-state index contributed by atoms with van der Waals surface area (Å²) >= 11 is 0. The van der Waals surface area contributed by atoms with Crippen molar-refractivity contribution in [2.24, 2.45) is 4.99 Å². The van der Waals surface area contributed by atoms with E-state index in [4.69, 9.17) is 0 Å². The van der Waals surface area contributed by atoms with Gasteiger partial charge in [-0.15, -0.1) is 0 Å². The Morgan fingerprint density at radius 3 is 1.90 bits per heavy atom. The summed E-state index contributed by atoms with van der Waals surface area (Å²) in [6.45, 7) is 8.55. The minimum Gasteiger partial charge on any atom is -0.355 e. The second-order valence-corrected chi connectivity index (χ2v) is 7.90. The Balaban J connectivity index is 1.56. The largest absolute Gasteiger partial charge is 0.355 e. The fourth-order valence-corrected chi connectivity index (χ4v) is 3.85. The maximum absolute atomic E-state index is 4.44. The lowest BCUT2D eigenvalue weighted by atomic mass is 9.91. The molecule has 156 valence electrons. The molecule has 2 aromatic rings. The molecular formula is C24H35N5. The lowest BCUT2D eigenvalue weighted by Crippen LogP contribution is -2.52. The highest BCUT2D eigenvalue weighted by Gasteiger charge is 2.19. The first-order chi connectivity index (χ1) is 14.2. The molecule has 1 aliphatic heterocycles. The zero-order valence-electron chi connectivity index (χ0n) is 18.0. The SMILES string of the molecule is CN=C(NCC(c1ccccc1)c1ccccc1)NCC(C)N1CCN(C)CC1. The Labute approximate surface area is 175 Å². The monoisotopic (exact) mass is 393 g/mol. The van der Waals surface area contributed by atoms with Crippen molar-refractivity contribution >= 4 is 5.96 Å². The molecule has 1 atom stereocenters. The highest BCUT2D eigenvalue weighted by molar-refractivity contribution is 5.79.